The summed E-state index contributed by atoms with van der Waals surface area (Å²) < 4.78 is 49.8. The van der Waals surface area contributed by atoms with E-state index in [9.17, 15) is 31.2 Å². The maximum Gasteiger partial charge on any atom is 0.229 e. The number of Topliss-reactive ketones (excluding diaryl/α,β-unsaturated/α-hetero) is 3. The summed E-state index contributed by atoms with van der Waals surface area (Å²) in [7, 11) is -6.84. The smallest absolute Gasteiger partial charge is 0.229 e. The first-order valence-corrected chi connectivity index (χ1v) is 14.6. The summed E-state index contributed by atoms with van der Waals surface area (Å²) in [6, 6.07) is 11.9. The molecule has 2 aromatic carbocycles. The quantitative estimate of drug-likeness (QED) is 0.355. The zero-order chi connectivity index (χ0) is 25.8. The molecule has 3 rings (SSSR count). The Hall–Kier alpha value is -3.09. The third kappa shape index (κ3) is 7.98. The number of nitrogens with zero attached hydrogens (tertiary/aromatic N) is 1. The number of ketones is 3. The predicted octanol–water partition coefficient (Wildman–Crippen LogP) is 1.78. The fourth-order valence-electron chi connectivity index (χ4n) is 3.85. The predicted molar refractivity (Wildman–Crippen MR) is 133 cm³/mol. The highest BCUT2D eigenvalue weighted by Gasteiger charge is 2.28. The van der Waals surface area contributed by atoms with Crippen molar-refractivity contribution in [3.05, 3.63) is 59.7 Å². The van der Waals surface area contributed by atoms with Gasteiger partial charge in [-0.2, -0.15) is 0 Å². The molecule has 1 aliphatic rings. The summed E-state index contributed by atoms with van der Waals surface area (Å²) >= 11 is 0. The van der Waals surface area contributed by atoms with Gasteiger partial charge in [0.15, 0.2) is 5.78 Å². The number of hydrogen-bond acceptors (Lipinski definition) is 8. The molecule has 0 amide bonds. The van der Waals surface area contributed by atoms with Crippen molar-refractivity contribution in [1.82, 2.24) is 4.90 Å². The molecule has 2 N–H and O–H groups in total. The Balaban J connectivity index is 1.51. The number of sulfonamides is 2. The van der Waals surface area contributed by atoms with Gasteiger partial charge in [-0.1, -0.05) is 0 Å². The first-order chi connectivity index (χ1) is 16.3. The van der Waals surface area contributed by atoms with Crippen molar-refractivity contribution < 1.29 is 31.2 Å². The second-order valence-corrected chi connectivity index (χ2v) is 12.1. The van der Waals surface area contributed by atoms with E-state index in [1.54, 1.807) is 12.1 Å². The van der Waals surface area contributed by atoms with Gasteiger partial charge in [0.05, 0.1) is 19.1 Å². The van der Waals surface area contributed by atoms with Crippen molar-refractivity contribution in [2.75, 3.05) is 41.6 Å². The largest absolute Gasteiger partial charge is 0.296 e. The van der Waals surface area contributed by atoms with E-state index in [2.05, 4.69) is 9.44 Å². The van der Waals surface area contributed by atoms with Crippen molar-refractivity contribution >= 4 is 48.8 Å². The lowest BCUT2D eigenvalue weighted by Gasteiger charge is -2.30. The zero-order valence-electron chi connectivity index (χ0n) is 19.4. The summed E-state index contributed by atoms with van der Waals surface area (Å²) in [4.78, 5) is 39.6. The topological polar surface area (TPSA) is 147 Å². The van der Waals surface area contributed by atoms with Crippen molar-refractivity contribution in [1.29, 1.82) is 0 Å². The van der Waals surface area contributed by atoms with Gasteiger partial charge in [-0.3, -0.25) is 28.7 Å². The van der Waals surface area contributed by atoms with Crippen molar-refractivity contribution in [3.8, 4) is 0 Å². The van der Waals surface area contributed by atoms with Gasteiger partial charge < -0.3 is 0 Å². The Labute approximate surface area is 204 Å². The summed E-state index contributed by atoms with van der Waals surface area (Å²) in [6.07, 6.45) is 3.14. The van der Waals surface area contributed by atoms with E-state index in [1.807, 2.05) is 4.90 Å². The number of piperidine rings is 1. The van der Waals surface area contributed by atoms with Gasteiger partial charge in [0.25, 0.3) is 0 Å². The van der Waals surface area contributed by atoms with Crippen LogP contribution < -0.4 is 9.44 Å². The average molecular weight is 522 g/mol. The van der Waals surface area contributed by atoms with E-state index in [1.165, 1.54) is 36.4 Å². The van der Waals surface area contributed by atoms with Crippen LogP contribution in [-0.4, -0.2) is 71.2 Å². The number of likely N-dealkylation sites (tertiary alicyclic amines) is 1. The lowest BCUT2D eigenvalue weighted by atomic mass is 9.88. The number of hydrogen-bond donors (Lipinski definition) is 2. The molecule has 35 heavy (non-hydrogen) atoms. The number of carbonyl (C=O) groups is 3. The van der Waals surface area contributed by atoms with E-state index < -0.39 is 31.6 Å². The molecule has 10 nitrogen and oxygen atoms in total. The number of rotatable bonds is 10. The van der Waals surface area contributed by atoms with Crippen LogP contribution in [0.5, 0.6) is 0 Å². The van der Waals surface area contributed by atoms with E-state index in [0.29, 0.717) is 42.9 Å². The Morgan fingerprint density at radius 1 is 0.771 bits per heavy atom. The fraction of sp³-hybridized carbons (Fsp3) is 0.348. The number of nitrogens with one attached hydrogen (secondary N) is 2. The van der Waals surface area contributed by atoms with Crippen LogP contribution in [0.3, 0.4) is 0 Å². The minimum atomic E-state index is -3.44. The van der Waals surface area contributed by atoms with Gasteiger partial charge in [-0.15, -0.1) is 0 Å². The molecule has 0 spiro atoms. The lowest BCUT2D eigenvalue weighted by molar-refractivity contribution is -0.116. The Morgan fingerprint density at radius 2 is 1.20 bits per heavy atom. The van der Waals surface area contributed by atoms with Crippen LogP contribution in [-0.2, 0) is 24.8 Å². The Kier molecular flexibility index (Phi) is 8.08. The standard InChI is InChI=1S/C23H27N3O7S2/c1-34(30,31)24-19-7-3-16(4-8-19)22(28)18-11-13-26(14-12-18)15-21(27)23(29)17-5-9-20(10-6-17)25-35(2,32)33/h3-10,18,24-25H,11-15H2,1-2H3. The molecule has 1 heterocycles. The number of anilines is 2. The summed E-state index contributed by atoms with van der Waals surface area (Å²) in [5.41, 5.74) is 1.34. The minimum absolute atomic E-state index is 0.0410. The van der Waals surface area contributed by atoms with E-state index in [4.69, 9.17) is 0 Å². The van der Waals surface area contributed by atoms with Crippen LogP contribution in [0.2, 0.25) is 0 Å². The molecule has 0 saturated carbocycles. The molecule has 12 heteroatoms. The van der Waals surface area contributed by atoms with Crippen LogP contribution >= 0.6 is 0 Å². The normalized spacial score (nSPS) is 15.4. The van der Waals surface area contributed by atoms with Crippen molar-refractivity contribution in [3.63, 3.8) is 0 Å². The van der Waals surface area contributed by atoms with Crippen LogP contribution in [0.25, 0.3) is 0 Å². The first-order valence-electron chi connectivity index (χ1n) is 10.8. The highest BCUT2D eigenvalue weighted by atomic mass is 32.2. The summed E-state index contributed by atoms with van der Waals surface area (Å²) in [6.45, 7) is 0.912. The molecule has 0 aromatic heterocycles. The molecule has 2 aromatic rings. The highest BCUT2D eigenvalue weighted by Crippen LogP contribution is 2.23. The molecule has 188 valence electrons. The average Bonchev–Trinajstić information content (AvgIpc) is 2.77. The van der Waals surface area contributed by atoms with Crippen molar-refractivity contribution in [2.45, 2.75) is 12.8 Å². The highest BCUT2D eigenvalue weighted by molar-refractivity contribution is 7.92. The van der Waals surface area contributed by atoms with Gasteiger partial charge in [0.2, 0.25) is 31.6 Å². The van der Waals surface area contributed by atoms with Crippen molar-refractivity contribution in [2.24, 2.45) is 5.92 Å². The SMILES string of the molecule is CS(=O)(=O)Nc1ccc(C(=O)C(=O)CN2CCC(C(=O)c3ccc(NS(C)(=O)=O)cc3)CC2)cc1. The van der Waals surface area contributed by atoms with Gasteiger partial charge in [0.1, 0.15) is 0 Å². The number of benzene rings is 2. The summed E-state index contributed by atoms with van der Waals surface area (Å²) in [5.74, 6) is -1.49. The zero-order valence-corrected chi connectivity index (χ0v) is 21.0. The molecule has 1 aliphatic heterocycles. The van der Waals surface area contributed by atoms with E-state index in [-0.39, 0.29) is 23.8 Å². The first kappa shape index (κ1) is 26.5. The molecule has 0 atom stereocenters. The van der Waals surface area contributed by atoms with Crippen LogP contribution in [0.1, 0.15) is 33.6 Å². The summed E-state index contributed by atoms with van der Waals surface area (Å²) in [5, 5.41) is 0. The molecular formula is C23H27N3O7S2. The van der Waals surface area contributed by atoms with Gasteiger partial charge >= 0.3 is 0 Å². The Bertz CT molecular complexity index is 1310. The monoisotopic (exact) mass is 521 g/mol. The van der Waals surface area contributed by atoms with Gasteiger partial charge in [-0.05, 0) is 74.5 Å². The molecule has 1 fully saturated rings. The van der Waals surface area contributed by atoms with E-state index >= 15 is 0 Å². The maximum absolute atomic E-state index is 12.8. The molecule has 0 unspecified atom stereocenters. The molecule has 1 saturated heterocycles. The van der Waals surface area contributed by atoms with Gasteiger partial charge in [-0.25, -0.2) is 16.8 Å². The number of carbonyl (C=O) groups excluding carboxylic acids is 3. The third-order valence-corrected chi connectivity index (χ3v) is 6.71. The van der Waals surface area contributed by atoms with Crippen LogP contribution in [0.4, 0.5) is 11.4 Å². The minimum Gasteiger partial charge on any atom is -0.296 e. The molecule has 0 bridgehead atoms. The third-order valence-electron chi connectivity index (χ3n) is 5.50. The second-order valence-electron chi connectivity index (χ2n) is 8.57. The van der Waals surface area contributed by atoms with E-state index in [0.717, 1.165) is 12.5 Å². The molecule has 0 radical (unpaired) electrons. The Morgan fingerprint density at radius 3 is 1.63 bits per heavy atom. The second kappa shape index (κ2) is 10.7. The van der Waals surface area contributed by atoms with Gasteiger partial charge in [0, 0.05) is 28.4 Å². The van der Waals surface area contributed by atoms with Crippen LogP contribution in [0.15, 0.2) is 48.5 Å². The van der Waals surface area contributed by atoms with Crippen LogP contribution in [0, 0.1) is 5.92 Å². The fourth-order valence-corrected chi connectivity index (χ4v) is 4.97. The lowest BCUT2D eigenvalue weighted by Crippen LogP contribution is -2.40. The molecular weight excluding hydrogens is 494 g/mol. The maximum atomic E-state index is 12.8. The molecule has 0 aliphatic carbocycles.